The molecule has 1 aliphatic heterocycles. The van der Waals surface area contributed by atoms with E-state index in [4.69, 9.17) is 9.47 Å². The highest BCUT2D eigenvalue weighted by Crippen LogP contribution is 2.27. The number of benzene rings is 1. The van der Waals surface area contributed by atoms with Gasteiger partial charge in [-0.25, -0.2) is 4.72 Å². The van der Waals surface area contributed by atoms with Crippen LogP contribution in [0.3, 0.4) is 0 Å². The summed E-state index contributed by atoms with van der Waals surface area (Å²) in [6, 6.07) is 5.62. The van der Waals surface area contributed by atoms with Gasteiger partial charge < -0.3 is 9.47 Å². The summed E-state index contributed by atoms with van der Waals surface area (Å²) in [6.45, 7) is 1.60. The van der Waals surface area contributed by atoms with Gasteiger partial charge in [-0.1, -0.05) is 18.9 Å². The van der Waals surface area contributed by atoms with E-state index in [2.05, 4.69) is 4.72 Å². The second-order valence-electron chi connectivity index (χ2n) is 5.65. The van der Waals surface area contributed by atoms with Crippen LogP contribution in [0.1, 0.15) is 31.2 Å². The zero-order chi connectivity index (χ0) is 16.7. The second kappa shape index (κ2) is 8.52. The van der Waals surface area contributed by atoms with E-state index in [-0.39, 0.29) is 0 Å². The molecule has 0 radical (unpaired) electrons. The van der Waals surface area contributed by atoms with E-state index >= 15 is 0 Å². The third kappa shape index (κ3) is 5.09. The molecule has 2 rings (SSSR count). The Bertz CT molecular complexity index is 596. The summed E-state index contributed by atoms with van der Waals surface area (Å²) in [6.07, 6.45) is 4.70. The molecule has 23 heavy (non-hydrogen) atoms. The van der Waals surface area contributed by atoms with Gasteiger partial charge in [0.25, 0.3) is 10.2 Å². The van der Waals surface area contributed by atoms with Crippen LogP contribution >= 0.6 is 0 Å². The smallest absolute Gasteiger partial charge is 0.279 e. The summed E-state index contributed by atoms with van der Waals surface area (Å²) in [7, 11) is -0.201. The van der Waals surface area contributed by atoms with Gasteiger partial charge in [-0.15, -0.1) is 0 Å². The molecule has 0 spiro atoms. The number of rotatable bonds is 7. The fraction of sp³-hybridized carbons (Fsp3) is 0.625. The van der Waals surface area contributed by atoms with Gasteiger partial charge in [0.05, 0.1) is 14.2 Å². The van der Waals surface area contributed by atoms with E-state index in [1.54, 1.807) is 18.5 Å². The van der Waals surface area contributed by atoms with Crippen LogP contribution in [0.25, 0.3) is 0 Å². The highest BCUT2D eigenvalue weighted by molar-refractivity contribution is 7.87. The van der Waals surface area contributed by atoms with Crippen LogP contribution in [0.2, 0.25) is 0 Å². The fourth-order valence-corrected chi connectivity index (χ4v) is 4.02. The minimum Gasteiger partial charge on any atom is -0.493 e. The molecule has 0 aromatic heterocycles. The van der Waals surface area contributed by atoms with E-state index in [1.165, 1.54) is 0 Å². The van der Waals surface area contributed by atoms with Crippen molar-refractivity contribution in [2.45, 2.75) is 32.1 Å². The van der Waals surface area contributed by atoms with E-state index in [9.17, 15) is 8.42 Å². The lowest BCUT2D eigenvalue weighted by Gasteiger charge is -2.20. The topological polar surface area (TPSA) is 67.9 Å². The Hall–Kier alpha value is -1.31. The van der Waals surface area contributed by atoms with Gasteiger partial charge in [0.15, 0.2) is 11.5 Å². The Morgan fingerprint density at radius 1 is 1.04 bits per heavy atom. The molecule has 0 aliphatic carbocycles. The molecule has 1 aliphatic rings. The zero-order valence-corrected chi connectivity index (χ0v) is 14.7. The summed E-state index contributed by atoms with van der Waals surface area (Å²) < 4.78 is 39.4. The molecule has 0 unspecified atom stereocenters. The van der Waals surface area contributed by atoms with Gasteiger partial charge in [0.1, 0.15) is 0 Å². The minimum absolute atomic E-state index is 0.369. The molecule has 130 valence electrons. The van der Waals surface area contributed by atoms with Gasteiger partial charge in [0, 0.05) is 19.6 Å². The van der Waals surface area contributed by atoms with Crippen molar-refractivity contribution in [1.82, 2.24) is 9.03 Å². The SMILES string of the molecule is COc1ccc(CCNS(=O)(=O)N2CCCCCC2)cc1OC. The maximum atomic E-state index is 12.3. The van der Waals surface area contributed by atoms with Gasteiger partial charge >= 0.3 is 0 Å². The Morgan fingerprint density at radius 2 is 1.70 bits per heavy atom. The van der Waals surface area contributed by atoms with Crippen molar-refractivity contribution in [2.24, 2.45) is 0 Å². The van der Waals surface area contributed by atoms with Crippen LogP contribution in [0.5, 0.6) is 11.5 Å². The lowest BCUT2D eigenvalue weighted by molar-refractivity contribution is 0.354. The molecule has 1 aromatic carbocycles. The normalized spacial score (nSPS) is 16.8. The van der Waals surface area contributed by atoms with Crippen molar-refractivity contribution in [3.8, 4) is 11.5 Å². The Balaban J connectivity index is 1.90. The van der Waals surface area contributed by atoms with Crippen LogP contribution in [-0.4, -0.2) is 46.6 Å². The first-order chi connectivity index (χ1) is 11.1. The number of methoxy groups -OCH3 is 2. The minimum atomic E-state index is -3.38. The first-order valence-corrected chi connectivity index (χ1v) is 9.46. The number of nitrogens with zero attached hydrogens (tertiary/aromatic N) is 1. The van der Waals surface area contributed by atoms with Crippen LogP contribution < -0.4 is 14.2 Å². The number of nitrogens with one attached hydrogen (secondary N) is 1. The van der Waals surface area contributed by atoms with Gasteiger partial charge in [-0.05, 0) is 37.0 Å². The molecule has 0 bridgehead atoms. The third-order valence-electron chi connectivity index (χ3n) is 4.05. The molecule has 0 amide bonds. The molecule has 1 N–H and O–H groups in total. The molecule has 1 saturated heterocycles. The summed E-state index contributed by atoms with van der Waals surface area (Å²) >= 11 is 0. The lowest BCUT2D eigenvalue weighted by Crippen LogP contribution is -2.41. The van der Waals surface area contributed by atoms with Crippen molar-refractivity contribution < 1.29 is 17.9 Å². The third-order valence-corrected chi connectivity index (χ3v) is 5.66. The molecule has 0 saturated carbocycles. The van der Waals surface area contributed by atoms with E-state index in [1.807, 2.05) is 18.2 Å². The molecule has 7 heteroatoms. The van der Waals surface area contributed by atoms with Crippen LogP contribution in [0.15, 0.2) is 18.2 Å². The van der Waals surface area contributed by atoms with Crippen molar-refractivity contribution >= 4 is 10.2 Å². The maximum Gasteiger partial charge on any atom is 0.279 e. The average molecular weight is 342 g/mol. The summed E-state index contributed by atoms with van der Waals surface area (Å²) in [4.78, 5) is 0. The molecule has 6 nitrogen and oxygen atoms in total. The number of ether oxygens (including phenoxy) is 2. The van der Waals surface area contributed by atoms with Crippen LogP contribution in [0, 0.1) is 0 Å². The van der Waals surface area contributed by atoms with Crippen LogP contribution in [0.4, 0.5) is 0 Å². The highest BCUT2D eigenvalue weighted by Gasteiger charge is 2.22. The molecule has 1 heterocycles. The Kier molecular flexibility index (Phi) is 6.68. The Morgan fingerprint density at radius 3 is 2.30 bits per heavy atom. The van der Waals surface area contributed by atoms with Gasteiger partial charge in [0.2, 0.25) is 0 Å². The van der Waals surface area contributed by atoms with Crippen molar-refractivity contribution in [3.05, 3.63) is 23.8 Å². The Labute approximate surface area is 139 Å². The molecular formula is C16H26N2O4S. The average Bonchev–Trinajstić information content (AvgIpc) is 2.84. The largest absolute Gasteiger partial charge is 0.493 e. The summed E-state index contributed by atoms with van der Waals surface area (Å²) in [5.41, 5.74) is 1.00. The zero-order valence-electron chi connectivity index (χ0n) is 13.9. The summed E-state index contributed by atoms with van der Waals surface area (Å²) in [5.74, 6) is 1.32. The van der Waals surface area contributed by atoms with Gasteiger partial charge in [-0.3, -0.25) is 0 Å². The van der Waals surface area contributed by atoms with E-state index in [0.717, 1.165) is 31.2 Å². The fourth-order valence-electron chi connectivity index (χ4n) is 2.73. The quantitative estimate of drug-likeness (QED) is 0.822. The van der Waals surface area contributed by atoms with Crippen molar-refractivity contribution in [3.63, 3.8) is 0 Å². The van der Waals surface area contributed by atoms with Crippen molar-refractivity contribution in [2.75, 3.05) is 33.9 Å². The van der Waals surface area contributed by atoms with E-state index in [0.29, 0.717) is 37.6 Å². The van der Waals surface area contributed by atoms with Crippen LogP contribution in [-0.2, 0) is 16.6 Å². The summed E-state index contributed by atoms with van der Waals surface area (Å²) in [5, 5.41) is 0. The highest BCUT2D eigenvalue weighted by atomic mass is 32.2. The predicted molar refractivity (Wildman–Crippen MR) is 90.2 cm³/mol. The molecular weight excluding hydrogens is 316 g/mol. The van der Waals surface area contributed by atoms with E-state index < -0.39 is 10.2 Å². The first-order valence-electron chi connectivity index (χ1n) is 8.02. The molecule has 1 fully saturated rings. The predicted octanol–water partition coefficient (Wildman–Crippen LogP) is 1.96. The second-order valence-corrected chi connectivity index (χ2v) is 7.41. The van der Waals surface area contributed by atoms with Gasteiger partial charge in [-0.2, -0.15) is 12.7 Å². The first kappa shape index (κ1) is 18.0. The van der Waals surface area contributed by atoms with Crippen molar-refractivity contribution in [1.29, 1.82) is 0 Å². The number of hydrogen-bond donors (Lipinski definition) is 1. The lowest BCUT2D eigenvalue weighted by atomic mass is 10.1. The standard InChI is InChI=1S/C16H26N2O4S/c1-21-15-8-7-14(13-16(15)22-2)9-10-17-23(19,20)18-11-5-3-4-6-12-18/h7-8,13,17H,3-6,9-12H2,1-2H3. The monoisotopic (exact) mass is 342 g/mol. The number of hydrogen-bond acceptors (Lipinski definition) is 4. The maximum absolute atomic E-state index is 12.3. The molecule has 0 atom stereocenters. The molecule has 1 aromatic rings.